The Balaban J connectivity index is 4.17. The first kappa shape index (κ1) is 13.8. The topological polar surface area (TPSA) is 130 Å². The summed E-state index contributed by atoms with van der Waals surface area (Å²) < 4.78 is 4.73. The average Bonchev–Trinajstić information content (AvgIpc) is 2.10. The Hall–Kier alpha value is -1.18. The lowest BCUT2D eigenvalue weighted by Gasteiger charge is -2.16. The van der Waals surface area contributed by atoms with Crippen LogP contribution >= 0.6 is 0 Å². The summed E-state index contributed by atoms with van der Waals surface area (Å²) in [5.41, 5.74) is 5.38. The predicted octanol–water partition coefficient (Wildman–Crippen LogP) is -1.36. The van der Waals surface area contributed by atoms with Crippen LogP contribution in [0.5, 0.6) is 0 Å². The molecule has 0 bridgehead atoms. The standard InChI is InChI=1S/C8H15NO6/c1-4(9)2-3-15-6(8(13)14)5(10)7(11)12/h4-6,10H,2-3,9H2,1H3,(H,11,12)(H,13,14). The van der Waals surface area contributed by atoms with Crippen LogP contribution < -0.4 is 5.73 Å². The molecule has 3 unspecified atom stereocenters. The number of carbonyl (C=O) groups is 2. The van der Waals surface area contributed by atoms with E-state index in [2.05, 4.69) is 0 Å². The van der Waals surface area contributed by atoms with E-state index >= 15 is 0 Å². The Bertz CT molecular complexity index is 229. The number of rotatable bonds is 7. The number of ether oxygens (including phenoxy) is 1. The minimum atomic E-state index is -2.07. The van der Waals surface area contributed by atoms with E-state index in [0.29, 0.717) is 6.42 Å². The van der Waals surface area contributed by atoms with E-state index in [1.54, 1.807) is 6.92 Å². The summed E-state index contributed by atoms with van der Waals surface area (Å²) in [6.07, 6.45) is -3.45. The van der Waals surface area contributed by atoms with Crippen molar-refractivity contribution in [3.63, 3.8) is 0 Å². The van der Waals surface area contributed by atoms with Crippen molar-refractivity contribution in [2.45, 2.75) is 31.6 Å². The molecule has 0 fully saturated rings. The smallest absolute Gasteiger partial charge is 0.336 e. The first-order valence-electron chi connectivity index (χ1n) is 4.37. The number of carboxylic acids is 2. The highest BCUT2D eigenvalue weighted by molar-refractivity contribution is 5.83. The van der Waals surface area contributed by atoms with E-state index in [4.69, 9.17) is 25.8 Å². The second kappa shape index (κ2) is 6.33. The summed E-state index contributed by atoms with van der Waals surface area (Å²) in [6.45, 7) is 1.69. The van der Waals surface area contributed by atoms with Gasteiger partial charge in [-0.15, -0.1) is 0 Å². The molecule has 5 N–H and O–H groups in total. The number of carboxylic acid groups (broad SMARTS) is 2. The number of hydrogen-bond donors (Lipinski definition) is 4. The maximum Gasteiger partial charge on any atom is 0.336 e. The summed E-state index contributed by atoms with van der Waals surface area (Å²) in [4.78, 5) is 20.9. The van der Waals surface area contributed by atoms with Crippen molar-refractivity contribution < 1.29 is 29.6 Å². The quantitative estimate of drug-likeness (QED) is 0.417. The van der Waals surface area contributed by atoms with Crippen molar-refractivity contribution in [2.24, 2.45) is 5.73 Å². The molecule has 7 nitrogen and oxygen atoms in total. The molecule has 0 aliphatic rings. The number of aliphatic hydroxyl groups excluding tert-OH is 1. The molecule has 88 valence electrons. The van der Waals surface area contributed by atoms with Gasteiger partial charge in [-0.05, 0) is 13.3 Å². The third-order valence-electron chi connectivity index (χ3n) is 1.65. The number of nitrogens with two attached hydrogens (primary N) is 1. The second-order valence-corrected chi connectivity index (χ2v) is 3.18. The van der Waals surface area contributed by atoms with E-state index in [1.807, 2.05) is 0 Å². The highest BCUT2D eigenvalue weighted by Crippen LogP contribution is 2.02. The summed E-state index contributed by atoms with van der Waals surface area (Å²) in [7, 11) is 0. The molecule has 0 radical (unpaired) electrons. The summed E-state index contributed by atoms with van der Waals surface area (Å²) in [5.74, 6) is -3.15. The van der Waals surface area contributed by atoms with E-state index < -0.39 is 24.1 Å². The van der Waals surface area contributed by atoms with Gasteiger partial charge in [-0.2, -0.15) is 0 Å². The molecule has 0 saturated carbocycles. The van der Waals surface area contributed by atoms with Crippen LogP contribution in [0.25, 0.3) is 0 Å². The van der Waals surface area contributed by atoms with E-state index in [9.17, 15) is 9.59 Å². The molecule has 7 heteroatoms. The lowest BCUT2D eigenvalue weighted by atomic mass is 10.2. The van der Waals surface area contributed by atoms with Gasteiger partial charge >= 0.3 is 11.9 Å². The molecule has 0 amide bonds. The van der Waals surface area contributed by atoms with E-state index in [0.717, 1.165) is 0 Å². The summed E-state index contributed by atoms with van der Waals surface area (Å²) >= 11 is 0. The molecule has 0 aliphatic heterocycles. The van der Waals surface area contributed by atoms with Gasteiger partial charge in [-0.25, -0.2) is 9.59 Å². The van der Waals surface area contributed by atoms with Crippen molar-refractivity contribution in [1.82, 2.24) is 0 Å². The van der Waals surface area contributed by atoms with Gasteiger partial charge in [0.1, 0.15) is 0 Å². The van der Waals surface area contributed by atoms with Gasteiger partial charge in [0.2, 0.25) is 0 Å². The van der Waals surface area contributed by atoms with Crippen molar-refractivity contribution in [3.05, 3.63) is 0 Å². The molecular weight excluding hydrogens is 206 g/mol. The normalized spacial score (nSPS) is 16.7. The summed E-state index contributed by atoms with van der Waals surface area (Å²) in [5, 5.41) is 26.0. The zero-order chi connectivity index (χ0) is 12.0. The van der Waals surface area contributed by atoms with Crippen molar-refractivity contribution >= 4 is 11.9 Å². The molecule has 3 atom stereocenters. The zero-order valence-corrected chi connectivity index (χ0v) is 8.29. The number of aliphatic carboxylic acids is 2. The zero-order valence-electron chi connectivity index (χ0n) is 8.29. The predicted molar refractivity (Wildman–Crippen MR) is 49.3 cm³/mol. The van der Waals surface area contributed by atoms with Crippen LogP contribution in [0.1, 0.15) is 13.3 Å². The lowest BCUT2D eigenvalue weighted by Crippen LogP contribution is -2.42. The van der Waals surface area contributed by atoms with Gasteiger partial charge in [0, 0.05) is 12.6 Å². The molecule has 0 aliphatic carbocycles. The van der Waals surface area contributed by atoms with Gasteiger partial charge in [0.15, 0.2) is 12.2 Å². The van der Waals surface area contributed by atoms with Crippen LogP contribution in [0, 0.1) is 0 Å². The maximum absolute atomic E-state index is 10.5. The van der Waals surface area contributed by atoms with Gasteiger partial charge in [-0.3, -0.25) is 0 Å². The summed E-state index contributed by atoms with van der Waals surface area (Å²) in [6, 6.07) is -0.179. The van der Waals surface area contributed by atoms with Gasteiger partial charge in [-0.1, -0.05) is 0 Å². The van der Waals surface area contributed by atoms with Crippen molar-refractivity contribution in [3.8, 4) is 0 Å². The van der Waals surface area contributed by atoms with Crippen molar-refractivity contribution in [2.75, 3.05) is 6.61 Å². The number of aliphatic hydroxyl groups is 1. The molecule has 0 aromatic heterocycles. The average molecular weight is 221 g/mol. The van der Waals surface area contributed by atoms with Crippen LogP contribution in [0.4, 0.5) is 0 Å². The fourth-order valence-electron chi connectivity index (χ4n) is 0.808. The van der Waals surface area contributed by atoms with Gasteiger partial charge < -0.3 is 25.8 Å². The fraction of sp³-hybridized carbons (Fsp3) is 0.750. The Morgan fingerprint density at radius 3 is 2.20 bits per heavy atom. The Labute approximate surface area is 86.5 Å². The third kappa shape index (κ3) is 5.31. The van der Waals surface area contributed by atoms with Gasteiger partial charge in [0.05, 0.1) is 0 Å². The minimum absolute atomic E-state index is 0.0149. The van der Waals surface area contributed by atoms with Crippen LogP contribution in [-0.4, -0.2) is 52.1 Å². The van der Waals surface area contributed by atoms with E-state index in [1.165, 1.54) is 0 Å². The number of hydrogen-bond acceptors (Lipinski definition) is 5. The van der Waals surface area contributed by atoms with Crippen LogP contribution in [0.3, 0.4) is 0 Å². The third-order valence-corrected chi connectivity index (χ3v) is 1.65. The molecule has 0 aromatic carbocycles. The second-order valence-electron chi connectivity index (χ2n) is 3.18. The first-order valence-corrected chi connectivity index (χ1v) is 4.37. The van der Waals surface area contributed by atoms with Gasteiger partial charge in [0.25, 0.3) is 0 Å². The van der Waals surface area contributed by atoms with Crippen LogP contribution in [-0.2, 0) is 14.3 Å². The molecule has 0 aromatic rings. The minimum Gasteiger partial charge on any atom is -0.479 e. The van der Waals surface area contributed by atoms with Crippen molar-refractivity contribution in [1.29, 1.82) is 0 Å². The molecule has 0 saturated heterocycles. The molecule has 15 heavy (non-hydrogen) atoms. The fourth-order valence-corrected chi connectivity index (χ4v) is 0.808. The highest BCUT2D eigenvalue weighted by Gasteiger charge is 2.32. The first-order chi connectivity index (χ1) is 6.86. The molecule has 0 rings (SSSR count). The molecule has 0 spiro atoms. The molecular formula is C8H15NO6. The molecule has 0 heterocycles. The largest absolute Gasteiger partial charge is 0.479 e. The monoisotopic (exact) mass is 221 g/mol. The Morgan fingerprint density at radius 1 is 1.33 bits per heavy atom. The Morgan fingerprint density at radius 2 is 1.87 bits per heavy atom. The SMILES string of the molecule is CC(N)CCOC(C(=O)O)C(O)C(=O)O. The lowest BCUT2D eigenvalue weighted by molar-refractivity contribution is -0.171. The Kier molecular flexibility index (Phi) is 5.83. The maximum atomic E-state index is 10.5. The highest BCUT2D eigenvalue weighted by atomic mass is 16.5. The van der Waals surface area contributed by atoms with Crippen LogP contribution in [0.15, 0.2) is 0 Å². The van der Waals surface area contributed by atoms with E-state index in [-0.39, 0.29) is 12.6 Å². The van der Waals surface area contributed by atoms with Crippen LogP contribution in [0.2, 0.25) is 0 Å².